The van der Waals surface area contributed by atoms with Gasteiger partial charge in [-0.3, -0.25) is 4.79 Å². The van der Waals surface area contributed by atoms with Gasteiger partial charge in [0.15, 0.2) is 8.32 Å². The first-order chi connectivity index (χ1) is 14.9. The van der Waals surface area contributed by atoms with Crippen LogP contribution in [0.4, 0.5) is 0 Å². The van der Waals surface area contributed by atoms with Gasteiger partial charge in [-0.15, -0.1) is 0 Å². The minimum atomic E-state index is -2.02. The smallest absolute Gasteiger partial charge is 0.457 e. The minimum absolute atomic E-state index is 0.0799. The Labute approximate surface area is 205 Å². The Morgan fingerprint density at radius 1 is 1.15 bits per heavy atom. The van der Waals surface area contributed by atoms with Crippen molar-refractivity contribution in [3.05, 3.63) is 0 Å². The summed E-state index contributed by atoms with van der Waals surface area (Å²) < 4.78 is 24.5. The third kappa shape index (κ3) is 8.08. The van der Waals surface area contributed by atoms with E-state index in [0.717, 1.165) is 31.0 Å². The summed E-state index contributed by atoms with van der Waals surface area (Å²) in [6.07, 6.45) is 5.41. The summed E-state index contributed by atoms with van der Waals surface area (Å²) in [7, 11) is -2.22. The van der Waals surface area contributed by atoms with Crippen LogP contribution in [0.15, 0.2) is 0 Å². The minimum Gasteiger partial charge on any atom is -0.460 e. The first-order valence-electron chi connectivity index (χ1n) is 13.1. The van der Waals surface area contributed by atoms with Crippen molar-refractivity contribution in [3.63, 3.8) is 0 Å². The van der Waals surface area contributed by atoms with Gasteiger partial charge in [0.2, 0.25) is 0 Å². The Balaban J connectivity index is 1.90. The zero-order chi connectivity index (χ0) is 25.2. The lowest BCUT2D eigenvalue weighted by Crippen LogP contribution is -2.46. The molecule has 2 rings (SSSR count). The molecular weight excluding hydrogens is 431 g/mol. The average molecular weight is 483 g/mol. The van der Waals surface area contributed by atoms with E-state index in [4.69, 9.17) is 18.5 Å². The molecular formula is C26H51BO5Si. The van der Waals surface area contributed by atoms with E-state index in [2.05, 4.69) is 54.6 Å². The summed E-state index contributed by atoms with van der Waals surface area (Å²) in [5.74, 6) is 1.35. The highest BCUT2D eigenvalue weighted by atomic mass is 28.4. The van der Waals surface area contributed by atoms with Crippen molar-refractivity contribution < 1.29 is 23.3 Å². The fourth-order valence-electron chi connectivity index (χ4n) is 5.00. The molecule has 2 fully saturated rings. The molecule has 1 saturated heterocycles. The molecule has 0 aromatic heterocycles. The van der Waals surface area contributed by atoms with Gasteiger partial charge in [-0.2, -0.15) is 0 Å². The van der Waals surface area contributed by atoms with E-state index in [1.807, 2.05) is 20.8 Å². The van der Waals surface area contributed by atoms with Crippen LogP contribution >= 0.6 is 0 Å². The lowest BCUT2D eigenvalue weighted by atomic mass is 9.53. The normalized spacial score (nSPS) is 26.8. The molecule has 1 saturated carbocycles. The monoisotopic (exact) mass is 482 g/mol. The molecule has 1 aliphatic heterocycles. The van der Waals surface area contributed by atoms with Crippen molar-refractivity contribution in [2.24, 2.45) is 17.3 Å². The van der Waals surface area contributed by atoms with E-state index in [0.29, 0.717) is 12.0 Å². The summed E-state index contributed by atoms with van der Waals surface area (Å²) in [6.45, 7) is 24.6. The molecule has 1 heterocycles. The number of ether oxygens (including phenoxy) is 1. The van der Waals surface area contributed by atoms with Gasteiger partial charge in [0, 0.05) is 0 Å². The third-order valence-electron chi connectivity index (χ3n) is 8.33. The van der Waals surface area contributed by atoms with Crippen LogP contribution in [0, 0.1) is 17.3 Å². The molecule has 0 amide bonds. The van der Waals surface area contributed by atoms with Crippen LogP contribution in [0.5, 0.6) is 0 Å². The molecule has 0 aromatic rings. The van der Waals surface area contributed by atoms with Crippen molar-refractivity contribution in [2.75, 3.05) is 6.61 Å². The zero-order valence-electron chi connectivity index (χ0n) is 23.4. The molecule has 1 aliphatic carbocycles. The summed E-state index contributed by atoms with van der Waals surface area (Å²) >= 11 is 0. The fourth-order valence-corrected chi connectivity index (χ4v) is 6.39. The van der Waals surface area contributed by atoms with Crippen molar-refractivity contribution in [1.29, 1.82) is 0 Å². The molecule has 0 radical (unpaired) electrons. The number of carbonyl (C=O) groups excluding carboxylic acids is 1. The van der Waals surface area contributed by atoms with Crippen molar-refractivity contribution >= 4 is 21.4 Å². The molecule has 5 nitrogen and oxygen atoms in total. The van der Waals surface area contributed by atoms with Gasteiger partial charge in [0.05, 0.1) is 25.2 Å². The standard InChI is InChI=1S/C26H51BO5Si/c1-12-19-15-20(26(19,8)9)16-22-18-29-27(31-22)14-13-21(17-23(28)30-24(2,3)4)32-33(10,11)25(5,6)7/h19-22H,12-18H2,1-11H3/t19-,20-,21?,22+/m0/s1. The maximum Gasteiger partial charge on any atom is 0.457 e. The molecule has 0 N–H and O–H groups in total. The summed E-state index contributed by atoms with van der Waals surface area (Å²) in [4.78, 5) is 12.6. The van der Waals surface area contributed by atoms with E-state index in [-0.39, 0.29) is 36.8 Å². The molecule has 1 unspecified atom stereocenters. The Morgan fingerprint density at radius 3 is 2.30 bits per heavy atom. The van der Waals surface area contributed by atoms with E-state index in [9.17, 15) is 4.79 Å². The highest BCUT2D eigenvalue weighted by molar-refractivity contribution is 6.74. The van der Waals surface area contributed by atoms with Crippen LogP contribution < -0.4 is 0 Å². The zero-order valence-corrected chi connectivity index (χ0v) is 24.4. The van der Waals surface area contributed by atoms with Crippen molar-refractivity contribution in [3.8, 4) is 0 Å². The fraction of sp³-hybridized carbons (Fsp3) is 0.962. The van der Waals surface area contributed by atoms with Gasteiger partial charge in [0.1, 0.15) is 5.60 Å². The number of carbonyl (C=O) groups is 1. The van der Waals surface area contributed by atoms with Gasteiger partial charge in [-0.05, 0) is 81.7 Å². The van der Waals surface area contributed by atoms with E-state index >= 15 is 0 Å². The first-order valence-corrected chi connectivity index (χ1v) is 16.0. The summed E-state index contributed by atoms with van der Waals surface area (Å²) in [5.41, 5.74) is -0.0820. The van der Waals surface area contributed by atoms with Crippen molar-refractivity contribution in [1.82, 2.24) is 0 Å². The quantitative estimate of drug-likeness (QED) is 0.251. The van der Waals surface area contributed by atoms with Gasteiger partial charge in [-0.25, -0.2) is 0 Å². The van der Waals surface area contributed by atoms with Crippen LogP contribution in [0.3, 0.4) is 0 Å². The lowest BCUT2D eigenvalue weighted by Gasteiger charge is -2.53. The van der Waals surface area contributed by atoms with Gasteiger partial charge >= 0.3 is 13.1 Å². The Hall–Kier alpha value is -0.368. The van der Waals surface area contributed by atoms with Crippen LogP contribution in [0.25, 0.3) is 0 Å². The van der Waals surface area contributed by atoms with Gasteiger partial charge in [-0.1, -0.05) is 48.0 Å². The maximum absolute atomic E-state index is 12.6. The molecule has 0 spiro atoms. The molecule has 0 bridgehead atoms. The Bertz CT molecular complexity index is 652. The molecule has 4 atom stereocenters. The predicted octanol–water partition coefficient (Wildman–Crippen LogP) is 6.86. The summed E-state index contributed by atoms with van der Waals surface area (Å²) in [5, 5.41) is 0.0799. The maximum atomic E-state index is 12.6. The Kier molecular flexibility index (Phi) is 9.37. The molecule has 192 valence electrons. The average Bonchev–Trinajstić information content (AvgIpc) is 3.07. The molecule has 33 heavy (non-hydrogen) atoms. The van der Waals surface area contributed by atoms with E-state index in [1.54, 1.807) is 0 Å². The largest absolute Gasteiger partial charge is 0.460 e. The molecule has 7 heteroatoms. The van der Waals surface area contributed by atoms with Crippen LogP contribution in [-0.2, 0) is 23.3 Å². The molecule has 2 aliphatic rings. The van der Waals surface area contributed by atoms with Crippen LogP contribution in [-0.4, -0.2) is 45.8 Å². The highest BCUT2D eigenvalue weighted by Gasteiger charge is 2.48. The number of hydrogen-bond acceptors (Lipinski definition) is 5. The predicted molar refractivity (Wildman–Crippen MR) is 139 cm³/mol. The van der Waals surface area contributed by atoms with Gasteiger partial charge in [0.25, 0.3) is 0 Å². The third-order valence-corrected chi connectivity index (χ3v) is 12.9. The van der Waals surface area contributed by atoms with Crippen LogP contribution in [0.2, 0.25) is 24.5 Å². The lowest BCUT2D eigenvalue weighted by molar-refractivity contribution is -0.156. The number of hydrogen-bond donors (Lipinski definition) is 0. The highest BCUT2D eigenvalue weighted by Crippen LogP contribution is 2.55. The second-order valence-electron chi connectivity index (χ2n) is 13.5. The molecule has 0 aromatic carbocycles. The summed E-state index contributed by atoms with van der Waals surface area (Å²) in [6, 6.07) is 0. The second kappa shape index (κ2) is 10.7. The Morgan fingerprint density at radius 2 is 1.79 bits per heavy atom. The van der Waals surface area contributed by atoms with E-state index < -0.39 is 13.9 Å². The SMILES string of the molecule is CC[C@H]1C[C@@H](C[C@@H]2COB(CCC(CC(=O)OC(C)(C)C)O[Si](C)(C)C(C)(C)C)O2)C1(C)C. The second-order valence-corrected chi connectivity index (χ2v) is 18.2. The van der Waals surface area contributed by atoms with Crippen LogP contribution in [0.1, 0.15) is 94.4 Å². The number of esters is 1. The van der Waals surface area contributed by atoms with E-state index in [1.165, 1.54) is 12.8 Å². The topological polar surface area (TPSA) is 54.0 Å². The van der Waals surface area contributed by atoms with Gasteiger partial charge < -0.3 is 18.5 Å². The first kappa shape index (κ1) is 28.9. The van der Waals surface area contributed by atoms with Crippen molar-refractivity contribution in [2.45, 2.75) is 137 Å². The number of rotatable bonds is 10.